The van der Waals surface area contributed by atoms with E-state index in [4.69, 9.17) is 11.6 Å². The van der Waals surface area contributed by atoms with Gasteiger partial charge in [0.25, 0.3) is 10.0 Å². The van der Waals surface area contributed by atoms with Crippen molar-refractivity contribution >= 4 is 37.6 Å². The first-order chi connectivity index (χ1) is 8.92. The first-order valence-electron chi connectivity index (χ1n) is 6.15. The van der Waals surface area contributed by atoms with Gasteiger partial charge in [0, 0.05) is 18.9 Å². The van der Waals surface area contributed by atoms with Crippen LogP contribution >= 0.6 is 27.5 Å². The van der Waals surface area contributed by atoms with E-state index in [-0.39, 0.29) is 10.0 Å². The fourth-order valence-corrected chi connectivity index (χ4v) is 4.32. The topological polar surface area (TPSA) is 64.0 Å². The Labute approximate surface area is 127 Å². The molecular formula is C11H19BrClN3O2S. The second-order valence-electron chi connectivity index (χ2n) is 4.41. The minimum atomic E-state index is -3.61. The Morgan fingerprint density at radius 1 is 1.53 bits per heavy atom. The van der Waals surface area contributed by atoms with Gasteiger partial charge in [-0.1, -0.05) is 40.9 Å². The van der Waals surface area contributed by atoms with Crippen molar-refractivity contribution < 1.29 is 8.42 Å². The van der Waals surface area contributed by atoms with E-state index in [0.717, 1.165) is 24.6 Å². The van der Waals surface area contributed by atoms with E-state index < -0.39 is 10.0 Å². The van der Waals surface area contributed by atoms with E-state index in [1.807, 2.05) is 0 Å². The summed E-state index contributed by atoms with van der Waals surface area (Å²) in [6.07, 6.45) is 4.30. The third-order valence-corrected chi connectivity index (χ3v) is 5.26. The molecule has 19 heavy (non-hydrogen) atoms. The number of alkyl halides is 1. The third-order valence-electron chi connectivity index (χ3n) is 2.87. The molecule has 0 aliphatic heterocycles. The fraction of sp³-hybridized carbons (Fsp3) is 0.727. The fourth-order valence-electron chi connectivity index (χ4n) is 1.91. The summed E-state index contributed by atoms with van der Waals surface area (Å²) in [6.45, 7) is 2.51. The van der Waals surface area contributed by atoms with Gasteiger partial charge < -0.3 is 0 Å². The Bertz CT molecular complexity index is 479. The van der Waals surface area contributed by atoms with E-state index in [2.05, 4.69) is 32.7 Å². The molecule has 1 rings (SSSR count). The van der Waals surface area contributed by atoms with Gasteiger partial charge in [-0.3, -0.25) is 4.68 Å². The standard InChI is InChI=1S/C11H19BrClN3O2S/c1-3-4-9(5-6-12)7-15-19(17,18)11-10(13)8-14-16(11)2/h8-9,15H,3-7H2,1-2H3. The molecule has 1 aromatic heterocycles. The molecule has 1 unspecified atom stereocenters. The molecule has 0 bridgehead atoms. The summed E-state index contributed by atoms with van der Waals surface area (Å²) in [5.74, 6) is 0.325. The van der Waals surface area contributed by atoms with Crippen LogP contribution in [0.2, 0.25) is 5.02 Å². The normalized spacial score (nSPS) is 13.7. The summed E-state index contributed by atoms with van der Waals surface area (Å²) >= 11 is 9.25. The summed E-state index contributed by atoms with van der Waals surface area (Å²) in [7, 11) is -2.05. The predicted octanol–water partition coefficient (Wildman–Crippen LogP) is 2.55. The van der Waals surface area contributed by atoms with E-state index >= 15 is 0 Å². The highest BCUT2D eigenvalue weighted by Crippen LogP contribution is 2.20. The Balaban J connectivity index is 2.75. The van der Waals surface area contributed by atoms with Gasteiger partial charge in [0.2, 0.25) is 0 Å². The van der Waals surface area contributed by atoms with E-state index in [0.29, 0.717) is 12.5 Å². The van der Waals surface area contributed by atoms with Gasteiger partial charge in [0.1, 0.15) is 0 Å². The van der Waals surface area contributed by atoms with Gasteiger partial charge in [0.15, 0.2) is 5.03 Å². The maximum absolute atomic E-state index is 12.2. The lowest BCUT2D eigenvalue weighted by molar-refractivity contribution is 0.457. The minimum absolute atomic E-state index is 0.0169. The first kappa shape index (κ1) is 16.9. The zero-order valence-corrected chi connectivity index (χ0v) is 14.2. The van der Waals surface area contributed by atoms with Crippen LogP contribution in [0.1, 0.15) is 26.2 Å². The van der Waals surface area contributed by atoms with Crippen molar-refractivity contribution in [3.63, 3.8) is 0 Å². The number of rotatable bonds is 8. The van der Waals surface area contributed by atoms with Gasteiger partial charge >= 0.3 is 0 Å². The van der Waals surface area contributed by atoms with Crippen molar-refractivity contribution in [1.29, 1.82) is 0 Å². The highest BCUT2D eigenvalue weighted by atomic mass is 79.9. The van der Waals surface area contributed by atoms with E-state index in [1.54, 1.807) is 7.05 Å². The van der Waals surface area contributed by atoms with Crippen LogP contribution in [0, 0.1) is 5.92 Å². The van der Waals surface area contributed by atoms with Crippen molar-refractivity contribution in [2.24, 2.45) is 13.0 Å². The summed E-state index contributed by atoms with van der Waals surface area (Å²) in [4.78, 5) is 0. The molecule has 1 heterocycles. The molecule has 5 nitrogen and oxygen atoms in total. The van der Waals surface area contributed by atoms with Crippen molar-refractivity contribution in [2.75, 3.05) is 11.9 Å². The Kier molecular flexibility index (Phi) is 6.79. The van der Waals surface area contributed by atoms with Crippen LogP contribution in [0.25, 0.3) is 0 Å². The van der Waals surface area contributed by atoms with Crippen LogP contribution in [-0.4, -0.2) is 30.1 Å². The summed E-state index contributed by atoms with van der Waals surface area (Å²) in [5.41, 5.74) is 0. The first-order valence-corrected chi connectivity index (χ1v) is 9.13. The lowest BCUT2D eigenvalue weighted by atomic mass is 10.0. The number of sulfonamides is 1. The zero-order chi connectivity index (χ0) is 14.5. The van der Waals surface area contributed by atoms with Crippen molar-refractivity contribution in [1.82, 2.24) is 14.5 Å². The summed E-state index contributed by atoms with van der Waals surface area (Å²) in [5, 5.41) is 4.87. The quantitative estimate of drug-likeness (QED) is 0.713. The Morgan fingerprint density at radius 2 is 2.21 bits per heavy atom. The molecule has 0 saturated heterocycles. The second-order valence-corrected chi connectivity index (χ2v) is 7.29. The third kappa shape index (κ3) is 4.73. The second kappa shape index (κ2) is 7.61. The molecule has 0 amide bonds. The minimum Gasteiger partial charge on any atom is -0.255 e. The Hall–Kier alpha value is -0.110. The molecule has 1 atom stereocenters. The molecule has 8 heteroatoms. The molecule has 1 N–H and O–H groups in total. The lowest BCUT2D eigenvalue weighted by Crippen LogP contribution is -2.31. The molecule has 0 spiro atoms. The molecule has 0 aromatic carbocycles. The average molecular weight is 373 g/mol. The monoisotopic (exact) mass is 371 g/mol. The van der Waals surface area contributed by atoms with Gasteiger partial charge in [-0.25, -0.2) is 13.1 Å². The predicted molar refractivity (Wildman–Crippen MR) is 80.2 cm³/mol. The molecule has 1 aromatic rings. The molecule has 0 fully saturated rings. The lowest BCUT2D eigenvalue weighted by Gasteiger charge is -2.15. The van der Waals surface area contributed by atoms with Crippen LogP contribution in [0.3, 0.4) is 0 Å². The molecular weight excluding hydrogens is 354 g/mol. The molecule has 0 radical (unpaired) electrons. The maximum Gasteiger partial charge on any atom is 0.259 e. The van der Waals surface area contributed by atoms with Gasteiger partial charge in [-0.05, 0) is 18.8 Å². The van der Waals surface area contributed by atoms with Crippen LogP contribution in [0.4, 0.5) is 0 Å². The van der Waals surface area contributed by atoms with Gasteiger partial charge in [0.05, 0.1) is 11.2 Å². The van der Waals surface area contributed by atoms with Gasteiger partial charge in [-0.2, -0.15) is 5.10 Å². The smallest absolute Gasteiger partial charge is 0.255 e. The van der Waals surface area contributed by atoms with Crippen LogP contribution in [-0.2, 0) is 17.1 Å². The van der Waals surface area contributed by atoms with Crippen molar-refractivity contribution in [3.8, 4) is 0 Å². The van der Waals surface area contributed by atoms with Crippen molar-refractivity contribution in [3.05, 3.63) is 11.2 Å². The van der Waals surface area contributed by atoms with E-state index in [1.165, 1.54) is 10.9 Å². The number of aromatic nitrogens is 2. The highest BCUT2D eigenvalue weighted by Gasteiger charge is 2.23. The number of aryl methyl sites for hydroxylation is 1. The van der Waals surface area contributed by atoms with Crippen LogP contribution in [0.15, 0.2) is 11.2 Å². The Morgan fingerprint density at radius 3 is 2.68 bits per heavy atom. The molecule has 110 valence electrons. The summed E-state index contributed by atoms with van der Waals surface area (Å²) < 4.78 is 28.2. The van der Waals surface area contributed by atoms with Crippen LogP contribution in [0.5, 0.6) is 0 Å². The number of nitrogens with zero attached hydrogens (tertiary/aromatic N) is 2. The summed E-state index contributed by atoms with van der Waals surface area (Å²) in [6, 6.07) is 0. The number of hydrogen-bond acceptors (Lipinski definition) is 3. The van der Waals surface area contributed by atoms with Crippen molar-refractivity contribution in [2.45, 2.75) is 31.2 Å². The number of halogens is 2. The zero-order valence-electron chi connectivity index (χ0n) is 11.1. The highest BCUT2D eigenvalue weighted by molar-refractivity contribution is 9.09. The van der Waals surface area contributed by atoms with Crippen LogP contribution < -0.4 is 4.72 Å². The van der Waals surface area contributed by atoms with E-state index in [9.17, 15) is 8.42 Å². The molecule has 0 aliphatic rings. The average Bonchev–Trinajstić information content (AvgIpc) is 2.67. The number of nitrogens with one attached hydrogen (secondary N) is 1. The molecule has 0 saturated carbocycles. The maximum atomic E-state index is 12.2. The van der Waals surface area contributed by atoms with Gasteiger partial charge in [-0.15, -0.1) is 0 Å². The number of hydrogen-bond donors (Lipinski definition) is 1. The molecule has 0 aliphatic carbocycles. The largest absolute Gasteiger partial charge is 0.259 e. The SMILES string of the molecule is CCCC(CCBr)CNS(=O)(=O)c1c(Cl)cnn1C.